The van der Waals surface area contributed by atoms with Crippen molar-refractivity contribution < 1.29 is 23.8 Å². The number of anilines is 1. The summed E-state index contributed by atoms with van der Waals surface area (Å²) in [7, 11) is 0. The van der Waals surface area contributed by atoms with Crippen molar-refractivity contribution in [1.29, 1.82) is 0 Å². The van der Waals surface area contributed by atoms with E-state index in [-0.39, 0.29) is 33.2 Å². The standard InChI is InChI=1S/C26H18ClFN6O4/c27-16-1-2-17(28)21-18(4-6-31-23(16)21)34-19-8-13(12-3-5-30-20(9-12)32-26(36)37)7-15(24(29)35)22(19)33-25(34)14-10-38-11-14/h1-9,14H,10-11H2,(H2,29,35)(H,30,32)(H,36,37). The minimum Gasteiger partial charge on any atom is -0.465 e. The number of carboxylic acid groups (broad SMARTS) is 1. The second-order valence-corrected chi connectivity index (χ2v) is 9.15. The number of aromatic nitrogens is 4. The first-order valence-corrected chi connectivity index (χ1v) is 11.8. The SMILES string of the molecule is NC(=O)c1cc(-c2ccnc(NC(=O)O)c2)cc2c1nc(C1COC1)n2-c1ccnc2c(Cl)ccc(F)c12. The summed E-state index contributed by atoms with van der Waals surface area (Å²) in [4.78, 5) is 36.8. The molecular weight excluding hydrogens is 515 g/mol. The van der Waals surface area contributed by atoms with Gasteiger partial charge in [-0.2, -0.15) is 0 Å². The van der Waals surface area contributed by atoms with Gasteiger partial charge >= 0.3 is 6.09 Å². The minimum atomic E-state index is -1.27. The number of hydrogen-bond donors (Lipinski definition) is 3. The first kappa shape index (κ1) is 23.8. The third kappa shape index (κ3) is 3.88. The van der Waals surface area contributed by atoms with Gasteiger partial charge in [-0.25, -0.2) is 19.2 Å². The molecule has 0 unspecified atom stereocenters. The van der Waals surface area contributed by atoms with Crippen LogP contribution >= 0.6 is 11.6 Å². The third-order valence-electron chi connectivity index (χ3n) is 6.39. The number of fused-ring (bicyclic) bond motifs is 2. The summed E-state index contributed by atoms with van der Waals surface area (Å²) >= 11 is 6.36. The number of halogens is 2. The summed E-state index contributed by atoms with van der Waals surface area (Å²) < 4.78 is 22.4. The van der Waals surface area contributed by atoms with Gasteiger partial charge in [-0.05, 0) is 53.6 Å². The van der Waals surface area contributed by atoms with Crippen LogP contribution < -0.4 is 11.1 Å². The number of carbonyl (C=O) groups is 2. The number of hydrogen-bond acceptors (Lipinski definition) is 6. The second-order valence-electron chi connectivity index (χ2n) is 8.74. The lowest BCUT2D eigenvalue weighted by Crippen LogP contribution is -2.28. The van der Waals surface area contributed by atoms with Gasteiger partial charge in [-0.15, -0.1) is 0 Å². The zero-order valence-corrected chi connectivity index (χ0v) is 20.2. The van der Waals surface area contributed by atoms with Gasteiger partial charge in [0.15, 0.2) is 0 Å². The molecule has 2 amide bonds. The van der Waals surface area contributed by atoms with E-state index in [2.05, 4.69) is 15.3 Å². The Morgan fingerprint density at radius 1 is 1.08 bits per heavy atom. The molecule has 10 nitrogen and oxygen atoms in total. The van der Waals surface area contributed by atoms with Crippen molar-refractivity contribution in [3.8, 4) is 16.8 Å². The van der Waals surface area contributed by atoms with Crippen LogP contribution in [0.5, 0.6) is 0 Å². The number of nitrogens with one attached hydrogen (secondary N) is 1. The molecule has 5 aromatic rings. The zero-order valence-electron chi connectivity index (χ0n) is 19.5. The maximum absolute atomic E-state index is 15.3. The van der Waals surface area contributed by atoms with E-state index in [1.54, 1.807) is 28.8 Å². The number of amides is 2. The number of benzene rings is 2. The predicted octanol–water partition coefficient (Wildman–Crippen LogP) is 4.73. The number of primary amides is 1. The van der Waals surface area contributed by atoms with Gasteiger partial charge in [-0.3, -0.25) is 19.7 Å². The van der Waals surface area contributed by atoms with Crippen LogP contribution in [0, 0.1) is 5.82 Å². The molecule has 2 aromatic carbocycles. The van der Waals surface area contributed by atoms with E-state index in [0.717, 1.165) is 0 Å². The number of pyridine rings is 2. The van der Waals surface area contributed by atoms with Gasteiger partial charge in [0, 0.05) is 12.4 Å². The molecule has 1 saturated heterocycles. The van der Waals surface area contributed by atoms with Gasteiger partial charge < -0.3 is 15.6 Å². The smallest absolute Gasteiger partial charge is 0.410 e. The van der Waals surface area contributed by atoms with Crippen LogP contribution in [0.1, 0.15) is 22.1 Å². The Morgan fingerprint density at radius 2 is 1.87 bits per heavy atom. The summed E-state index contributed by atoms with van der Waals surface area (Å²) in [5, 5.41) is 11.8. The molecule has 38 heavy (non-hydrogen) atoms. The van der Waals surface area contributed by atoms with E-state index in [9.17, 15) is 9.59 Å². The highest BCUT2D eigenvalue weighted by Crippen LogP contribution is 2.38. The lowest BCUT2D eigenvalue weighted by molar-refractivity contribution is 0.00449. The van der Waals surface area contributed by atoms with Gasteiger partial charge in [0.2, 0.25) is 0 Å². The number of rotatable bonds is 5. The van der Waals surface area contributed by atoms with Crippen molar-refractivity contribution in [3.05, 3.63) is 77.1 Å². The Balaban J connectivity index is 1.69. The largest absolute Gasteiger partial charge is 0.465 e. The highest BCUT2D eigenvalue weighted by molar-refractivity contribution is 6.35. The summed E-state index contributed by atoms with van der Waals surface area (Å²) in [6, 6.07) is 10.9. The highest BCUT2D eigenvalue weighted by Gasteiger charge is 2.30. The van der Waals surface area contributed by atoms with Crippen LogP contribution in [0.25, 0.3) is 38.8 Å². The van der Waals surface area contributed by atoms with Crippen LogP contribution in [0.15, 0.2) is 54.9 Å². The van der Waals surface area contributed by atoms with Crippen LogP contribution in [0.3, 0.4) is 0 Å². The molecule has 0 aliphatic carbocycles. The number of ether oxygens (including phenoxy) is 1. The van der Waals surface area contributed by atoms with Crippen molar-refractivity contribution in [2.45, 2.75) is 5.92 Å². The van der Waals surface area contributed by atoms with E-state index < -0.39 is 17.8 Å². The van der Waals surface area contributed by atoms with Crippen LogP contribution in [0.2, 0.25) is 5.02 Å². The summed E-state index contributed by atoms with van der Waals surface area (Å²) in [6.45, 7) is 0.811. The normalized spacial score (nSPS) is 13.5. The Hall–Kier alpha value is -4.61. The van der Waals surface area contributed by atoms with Crippen molar-refractivity contribution in [1.82, 2.24) is 19.5 Å². The third-order valence-corrected chi connectivity index (χ3v) is 6.70. The molecule has 0 saturated carbocycles. The van der Waals surface area contributed by atoms with Crippen LogP contribution in [0.4, 0.5) is 15.0 Å². The molecule has 0 spiro atoms. The fraction of sp³-hybridized carbons (Fsp3) is 0.115. The second kappa shape index (κ2) is 9.05. The monoisotopic (exact) mass is 532 g/mol. The molecule has 12 heteroatoms. The van der Waals surface area contributed by atoms with E-state index >= 15 is 4.39 Å². The average Bonchev–Trinajstić information content (AvgIpc) is 3.22. The molecule has 190 valence electrons. The molecule has 1 aliphatic rings. The molecule has 6 rings (SSSR count). The van der Waals surface area contributed by atoms with Gasteiger partial charge in [0.25, 0.3) is 5.91 Å². The van der Waals surface area contributed by atoms with E-state index in [0.29, 0.717) is 46.9 Å². The first-order chi connectivity index (χ1) is 18.3. The molecule has 3 aromatic heterocycles. The molecule has 4 heterocycles. The lowest BCUT2D eigenvalue weighted by atomic mass is 10.0. The Kier molecular flexibility index (Phi) is 5.66. The van der Waals surface area contributed by atoms with Crippen LogP contribution in [-0.4, -0.2) is 49.8 Å². The van der Waals surface area contributed by atoms with E-state index in [4.69, 9.17) is 32.2 Å². The van der Waals surface area contributed by atoms with E-state index in [1.165, 1.54) is 30.6 Å². The quantitative estimate of drug-likeness (QED) is 0.296. The Bertz CT molecular complexity index is 1790. The molecule has 1 fully saturated rings. The number of imidazole rings is 1. The van der Waals surface area contributed by atoms with Crippen molar-refractivity contribution in [3.63, 3.8) is 0 Å². The van der Waals surface area contributed by atoms with E-state index in [1.807, 2.05) is 0 Å². The zero-order chi connectivity index (χ0) is 26.6. The average molecular weight is 533 g/mol. The van der Waals surface area contributed by atoms with Gasteiger partial charge in [0.1, 0.15) is 23.0 Å². The number of nitrogens with zero attached hydrogens (tertiary/aromatic N) is 4. The first-order valence-electron chi connectivity index (χ1n) is 11.4. The lowest BCUT2D eigenvalue weighted by Gasteiger charge is -2.26. The highest BCUT2D eigenvalue weighted by atomic mass is 35.5. The number of nitrogens with two attached hydrogens (primary N) is 1. The Labute approximate surface area is 218 Å². The fourth-order valence-electron chi connectivity index (χ4n) is 4.61. The fourth-order valence-corrected chi connectivity index (χ4v) is 4.82. The summed E-state index contributed by atoms with van der Waals surface area (Å²) in [5.74, 6) is -0.655. The molecule has 4 N–H and O–H groups in total. The van der Waals surface area contributed by atoms with Crippen LogP contribution in [-0.2, 0) is 4.74 Å². The molecular formula is C26H18ClFN6O4. The summed E-state index contributed by atoms with van der Waals surface area (Å²) in [6.07, 6.45) is 1.71. The van der Waals surface area contributed by atoms with Gasteiger partial charge in [0.05, 0.1) is 51.8 Å². The van der Waals surface area contributed by atoms with Crippen molar-refractivity contribution in [2.75, 3.05) is 18.5 Å². The maximum Gasteiger partial charge on any atom is 0.410 e. The van der Waals surface area contributed by atoms with Crippen molar-refractivity contribution in [2.24, 2.45) is 5.73 Å². The molecule has 0 atom stereocenters. The minimum absolute atomic E-state index is 0.105. The molecule has 0 bridgehead atoms. The number of carbonyl (C=O) groups excluding carboxylic acids is 1. The van der Waals surface area contributed by atoms with Crippen molar-refractivity contribution >= 4 is 51.4 Å². The Morgan fingerprint density at radius 3 is 2.58 bits per heavy atom. The molecule has 0 radical (unpaired) electrons. The van der Waals surface area contributed by atoms with Gasteiger partial charge in [-0.1, -0.05) is 11.6 Å². The predicted molar refractivity (Wildman–Crippen MR) is 138 cm³/mol. The molecule has 1 aliphatic heterocycles. The topological polar surface area (TPSA) is 145 Å². The maximum atomic E-state index is 15.3. The summed E-state index contributed by atoms with van der Waals surface area (Å²) in [5.41, 5.74) is 8.61.